The maximum absolute atomic E-state index is 13.9. The number of nitrogens with zero attached hydrogens (tertiary/aromatic N) is 3. The Kier molecular flexibility index (Phi) is 7.10. The second kappa shape index (κ2) is 10.4. The fraction of sp³-hybridized carbons (Fsp3) is 0.148. The van der Waals surface area contributed by atoms with E-state index in [0.29, 0.717) is 27.8 Å². The van der Waals surface area contributed by atoms with E-state index in [1.807, 2.05) is 0 Å². The highest BCUT2D eigenvalue weighted by Crippen LogP contribution is 2.35. The van der Waals surface area contributed by atoms with Crippen molar-refractivity contribution in [2.45, 2.75) is 24.5 Å². The Bertz CT molecular complexity index is 1850. The van der Waals surface area contributed by atoms with Gasteiger partial charge in [0, 0.05) is 22.5 Å². The number of rotatable bonds is 7. The Balaban J connectivity index is 1.59. The number of fused-ring (bicyclic) bond motifs is 1. The highest BCUT2D eigenvalue weighted by Gasteiger charge is 2.31. The lowest BCUT2D eigenvalue weighted by molar-refractivity contribution is -0.137. The van der Waals surface area contributed by atoms with Crippen LogP contribution in [0, 0.1) is 6.92 Å². The Hall–Kier alpha value is -4.23. The molecule has 0 bridgehead atoms. The normalized spacial score (nSPS) is 12.0. The Morgan fingerprint density at radius 2 is 1.77 bits per heavy atom. The molecule has 0 aliphatic rings. The maximum atomic E-state index is 13.9. The number of nitrogens with one attached hydrogen (secondary N) is 1. The molecular weight excluding hydrogens is 565 g/mol. The van der Waals surface area contributed by atoms with Gasteiger partial charge in [0.05, 0.1) is 35.2 Å². The second-order valence-corrected chi connectivity index (χ2v) is 11.5. The average molecular weight is 587 g/mol. The fourth-order valence-corrected chi connectivity index (χ4v) is 6.54. The van der Waals surface area contributed by atoms with E-state index in [2.05, 4.69) is 15.2 Å². The number of hydrogen-bond acceptors (Lipinski definition) is 7. The summed E-state index contributed by atoms with van der Waals surface area (Å²) in [4.78, 5) is 16.8. The van der Waals surface area contributed by atoms with Gasteiger partial charge in [0.2, 0.25) is 0 Å². The van der Waals surface area contributed by atoms with E-state index in [-0.39, 0.29) is 27.7 Å². The van der Waals surface area contributed by atoms with Crippen molar-refractivity contribution in [2.75, 3.05) is 11.4 Å². The van der Waals surface area contributed by atoms with E-state index in [0.717, 1.165) is 27.8 Å². The lowest BCUT2D eigenvalue weighted by atomic mass is 9.99. The van der Waals surface area contributed by atoms with Gasteiger partial charge in [0.25, 0.3) is 15.6 Å². The van der Waals surface area contributed by atoms with Crippen molar-refractivity contribution < 1.29 is 26.3 Å². The molecule has 0 amide bonds. The van der Waals surface area contributed by atoms with Gasteiger partial charge in [-0.3, -0.25) is 4.79 Å². The van der Waals surface area contributed by atoms with E-state index >= 15 is 0 Å². The standard InChI is InChI=1S/C27H21F3N4O4S2/c1-16-13-18(27(28,29)30)5-9-21(16)24-22-10-8-20(14-23(22)25(35)33-32-24)40(36,37)34(26-31-11-12-39-26)15-17-3-6-19(38-2)7-4-17/h3-14H,15H2,1-2H3,(H,33,35). The molecule has 0 aliphatic heterocycles. The summed E-state index contributed by atoms with van der Waals surface area (Å²) in [5.41, 5.74) is 0.115. The van der Waals surface area contributed by atoms with Crippen molar-refractivity contribution in [1.29, 1.82) is 0 Å². The molecule has 0 saturated carbocycles. The maximum Gasteiger partial charge on any atom is 0.416 e. The molecule has 8 nitrogen and oxygen atoms in total. The molecule has 5 aromatic rings. The number of halogens is 3. The topological polar surface area (TPSA) is 105 Å². The van der Waals surface area contributed by atoms with E-state index in [4.69, 9.17) is 4.74 Å². The van der Waals surface area contributed by atoms with Crippen molar-refractivity contribution in [3.8, 4) is 17.0 Å². The van der Waals surface area contributed by atoms with E-state index in [1.165, 1.54) is 44.5 Å². The summed E-state index contributed by atoms with van der Waals surface area (Å²) in [7, 11) is -2.67. The molecule has 0 fully saturated rings. The zero-order valence-corrected chi connectivity index (χ0v) is 22.7. The molecule has 2 heterocycles. The lowest BCUT2D eigenvalue weighted by Crippen LogP contribution is -2.30. The highest BCUT2D eigenvalue weighted by atomic mass is 32.2. The third-order valence-electron chi connectivity index (χ3n) is 6.27. The number of ether oxygens (including phenoxy) is 1. The predicted octanol–water partition coefficient (Wildman–Crippen LogP) is 5.78. The summed E-state index contributed by atoms with van der Waals surface area (Å²) in [5, 5.41) is 8.62. The van der Waals surface area contributed by atoms with Gasteiger partial charge < -0.3 is 4.74 Å². The van der Waals surface area contributed by atoms with Gasteiger partial charge in [0.15, 0.2) is 5.13 Å². The molecular formula is C27H21F3N4O4S2. The van der Waals surface area contributed by atoms with Gasteiger partial charge in [-0.1, -0.05) is 24.3 Å². The van der Waals surface area contributed by atoms with E-state index in [9.17, 15) is 26.4 Å². The monoisotopic (exact) mass is 586 g/mol. The first-order valence-corrected chi connectivity index (χ1v) is 14.1. The minimum atomic E-state index is -4.51. The van der Waals surface area contributed by atoms with Crippen LogP contribution in [0.5, 0.6) is 5.75 Å². The molecule has 206 valence electrons. The number of anilines is 1. The molecule has 0 spiro atoms. The van der Waals surface area contributed by atoms with Crippen molar-refractivity contribution >= 4 is 37.3 Å². The number of thiazole rings is 1. The number of aromatic nitrogens is 3. The fourth-order valence-electron chi connectivity index (χ4n) is 4.23. The third kappa shape index (κ3) is 5.17. The van der Waals surface area contributed by atoms with Crippen LogP contribution < -0.4 is 14.6 Å². The summed E-state index contributed by atoms with van der Waals surface area (Å²) >= 11 is 1.14. The lowest BCUT2D eigenvalue weighted by Gasteiger charge is -2.22. The number of H-pyrrole nitrogens is 1. The number of aryl methyl sites for hydroxylation is 1. The van der Waals surface area contributed by atoms with Gasteiger partial charge in [-0.05, 0) is 54.4 Å². The Labute approximate surface area is 230 Å². The molecule has 0 saturated heterocycles. The zero-order chi connectivity index (χ0) is 28.7. The number of alkyl halides is 3. The number of sulfonamides is 1. The molecule has 0 unspecified atom stereocenters. The number of aromatic amines is 1. The molecule has 3 aromatic carbocycles. The number of methoxy groups -OCH3 is 1. The molecule has 0 atom stereocenters. The summed E-state index contributed by atoms with van der Waals surface area (Å²) in [6.45, 7) is 1.48. The van der Waals surface area contributed by atoms with Crippen LogP contribution >= 0.6 is 11.3 Å². The van der Waals surface area contributed by atoms with Crippen LogP contribution in [-0.4, -0.2) is 30.7 Å². The smallest absolute Gasteiger partial charge is 0.416 e. The van der Waals surface area contributed by atoms with Crippen LogP contribution in [-0.2, 0) is 22.7 Å². The number of benzene rings is 3. The van der Waals surface area contributed by atoms with Crippen LogP contribution in [0.3, 0.4) is 0 Å². The zero-order valence-electron chi connectivity index (χ0n) is 21.1. The summed E-state index contributed by atoms with van der Waals surface area (Å²) < 4.78 is 73.6. The van der Waals surface area contributed by atoms with Crippen LogP contribution in [0.1, 0.15) is 16.7 Å². The molecule has 0 radical (unpaired) electrons. The van der Waals surface area contributed by atoms with Crippen molar-refractivity contribution in [1.82, 2.24) is 15.2 Å². The first-order valence-electron chi connectivity index (χ1n) is 11.7. The third-order valence-corrected chi connectivity index (χ3v) is 8.92. The summed E-state index contributed by atoms with van der Waals surface area (Å²) in [6.07, 6.45) is -3.02. The van der Waals surface area contributed by atoms with Crippen molar-refractivity contribution in [2.24, 2.45) is 0 Å². The number of hydrogen-bond donors (Lipinski definition) is 1. The minimum absolute atomic E-state index is 0.0221. The average Bonchev–Trinajstić information content (AvgIpc) is 3.46. The van der Waals surface area contributed by atoms with Gasteiger partial charge >= 0.3 is 6.18 Å². The minimum Gasteiger partial charge on any atom is -0.497 e. The molecule has 40 heavy (non-hydrogen) atoms. The highest BCUT2D eigenvalue weighted by molar-refractivity contribution is 7.93. The first kappa shape index (κ1) is 27.3. The molecule has 1 N–H and O–H groups in total. The van der Waals surface area contributed by atoms with E-state index < -0.39 is 27.3 Å². The summed E-state index contributed by atoms with van der Waals surface area (Å²) in [5.74, 6) is 0.619. The van der Waals surface area contributed by atoms with Crippen molar-refractivity contribution in [3.05, 3.63) is 99.3 Å². The van der Waals surface area contributed by atoms with Gasteiger partial charge in [-0.15, -0.1) is 11.3 Å². The van der Waals surface area contributed by atoms with Crippen LogP contribution in [0.2, 0.25) is 0 Å². The van der Waals surface area contributed by atoms with Gasteiger partial charge in [-0.25, -0.2) is 22.8 Å². The predicted molar refractivity (Wildman–Crippen MR) is 146 cm³/mol. The SMILES string of the molecule is COc1ccc(CN(c2nccs2)S(=O)(=O)c2ccc3c(-c4ccc(C(F)(F)F)cc4C)n[nH]c(=O)c3c2)cc1. The Morgan fingerprint density at radius 3 is 2.40 bits per heavy atom. The van der Waals surface area contributed by atoms with Crippen LogP contribution in [0.15, 0.2) is 81.9 Å². The van der Waals surface area contributed by atoms with Gasteiger partial charge in [0.1, 0.15) is 5.75 Å². The molecule has 13 heteroatoms. The first-order chi connectivity index (χ1) is 19.0. The Morgan fingerprint density at radius 1 is 1.02 bits per heavy atom. The van der Waals surface area contributed by atoms with E-state index in [1.54, 1.807) is 29.6 Å². The quantitative estimate of drug-likeness (QED) is 0.259. The summed E-state index contributed by atoms with van der Waals surface area (Å²) in [6, 6.07) is 14.1. The van der Waals surface area contributed by atoms with Gasteiger partial charge in [-0.2, -0.15) is 18.3 Å². The van der Waals surface area contributed by atoms with Crippen molar-refractivity contribution in [3.63, 3.8) is 0 Å². The molecule has 5 rings (SSSR count). The van der Waals surface area contributed by atoms with Crippen LogP contribution in [0.25, 0.3) is 22.0 Å². The molecule has 0 aliphatic carbocycles. The largest absolute Gasteiger partial charge is 0.497 e. The van der Waals surface area contributed by atoms with Crippen LogP contribution in [0.4, 0.5) is 18.3 Å². The second-order valence-electron chi connectivity index (χ2n) is 8.81. The molecule has 2 aromatic heterocycles.